The van der Waals surface area contributed by atoms with Gasteiger partial charge in [-0.3, -0.25) is 4.79 Å². The highest BCUT2D eigenvalue weighted by molar-refractivity contribution is 9.10. The van der Waals surface area contributed by atoms with Crippen LogP contribution in [0.4, 0.5) is 5.69 Å². The minimum Gasteiger partial charge on any atom is -0.399 e. The summed E-state index contributed by atoms with van der Waals surface area (Å²) in [6.07, 6.45) is 0. The van der Waals surface area contributed by atoms with Gasteiger partial charge in [0.15, 0.2) is 0 Å². The number of carbonyl (C=O) groups excluding carboxylic acids is 1. The molecule has 0 aliphatic carbocycles. The minimum absolute atomic E-state index is 0.0298. The molecule has 0 aromatic heterocycles. The molecule has 0 heterocycles. The molecule has 0 saturated heterocycles. The SMILES string of the molecule is CCN(Cc1ccc(N)cc1)C(=O)c1ccc(Cl)cc1Br. The van der Waals surface area contributed by atoms with E-state index in [1.54, 1.807) is 23.1 Å². The predicted octanol–water partition coefficient (Wildman–Crippen LogP) is 4.35. The molecule has 110 valence electrons. The van der Waals surface area contributed by atoms with E-state index in [4.69, 9.17) is 17.3 Å². The molecule has 0 aliphatic rings. The number of rotatable bonds is 4. The third kappa shape index (κ3) is 3.99. The average Bonchev–Trinajstić information content (AvgIpc) is 2.46. The van der Waals surface area contributed by atoms with Gasteiger partial charge in [-0.2, -0.15) is 0 Å². The van der Waals surface area contributed by atoms with Gasteiger partial charge in [0.1, 0.15) is 0 Å². The number of benzene rings is 2. The number of nitrogen functional groups attached to an aromatic ring is 1. The van der Waals surface area contributed by atoms with Crippen LogP contribution in [0.5, 0.6) is 0 Å². The van der Waals surface area contributed by atoms with Crippen molar-refractivity contribution in [1.29, 1.82) is 0 Å². The lowest BCUT2D eigenvalue weighted by molar-refractivity contribution is 0.0751. The summed E-state index contributed by atoms with van der Waals surface area (Å²) >= 11 is 9.30. The summed E-state index contributed by atoms with van der Waals surface area (Å²) < 4.78 is 0.704. The fourth-order valence-electron chi connectivity index (χ4n) is 2.00. The van der Waals surface area contributed by atoms with Gasteiger partial charge < -0.3 is 10.6 Å². The van der Waals surface area contributed by atoms with Crippen LogP contribution in [0, 0.1) is 0 Å². The molecule has 2 rings (SSSR count). The van der Waals surface area contributed by atoms with E-state index in [1.165, 1.54) is 0 Å². The average molecular weight is 368 g/mol. The second-order valence-electron chi connectivity index (χ2n) is 4.69. The van der Waals surface area contributed by atoms with Crippen LogP contribution in [-0.4, -0.2) is 17.4 Å². The minimum atomic E-state index is -0.0298. The summed E-state index contributed by atoms with van der Waals surface area (Å²) in [6.45, 7) is 3.13. The maximum Gasteiger partial charge on any atom is 0.255 e. The summed E-state index contributed by atoms with van der Waals surface area (Å²) in [4.78, 5) is 14.4. The molecule has 5 heteroatoms. The zero-order chi connectivity index (χ0) is 15.4. The maximum absolute atomic E-state index is 12.6. The third-order valence-electron chi connectivity index (χ3n) is 3.18. The van der Waals surface area contributed by atoms with Gasteiger partial charge in [-0.15, -0.1) is 0 Å². The second-order valence-corrected chi connectivity index (χ2v) is 5.98. The molecule has 0 saturated carbocycles. The fraction of sp³-hybridized carbons (Fsp3) is 0.188. The first-order valence-corrected chi connectivity index (χ1v) is 7.77. The van der Waals surface area contributed by atoms with E-state index in [9.17, 15) is 4.79 Å². The van der Waals surface area contributed by atoms with Crippen LogP contribution in [0.2, 0.25) is 5.02 Å². The quantitative estimate of drug-likeness (QED) is 0.817. The zero-order valence-corrected chi connectivity index (χ0v) is 14.0. The standard InChI is InChI=1S/C16H16BrClN2O/c1-2-20(10-11-3-6-13(19)7-4-11)16(21)14-8-5-12(18)9-15(14)17/h3-9H,2,10,19H2,1H3. The van der Waals surface area contributed by atoms with E-state index in [-0.39, 0.29) is 5.91 Å². The van der Waals surface area contributed by atoms with Crippen molar-refractivity contribution in [3.63, 3.8) is 0 Å². The molecule has 3 nitrogen and oxygen atoms in total. The zero-order valence-electron chi connectivity index (χ0n) is 11.6. The van der Waals surface area contributed by atoms with Crippen LogP contribution >= 0.6 is 27.5 Å². The van der Waals surface area contributed by atoms with Gasteiger partial charge in [-0.05, 0) is 58.7 Å². The summed E-state index contributed by atoms with van der Waals surface area (Å²) in [5.41, 5.74) is 8.05. The lowest BCUT2D eigenvalue weighted by atomic mass is 10.1. The molecular formula is C16H16BrClN2O. The Bertz CT molecular complexity index is 643. The molecule has 21 heavy (non-hydrogen) atoms. The third-order valence-corrected chi connectivity index (χ3v) is 4.07. The number of anilines is 1. The molecule has 2 aromatic rings. The van der Waals surface area contributed by atoms with Gasteiger partial charge in [-0.25, -0.2) is 0 Å². The van der Waals surface area contributed by atoms with Crippen molar-refractivity contribution in [3.05, 3.63) is 63.1 Å². The summed E-state index contributed by atoms with van der Waals surface area (Å²) in [5, 5.41) is 0.597. The van der Waals surface area contributed by atoms with E-state index in [1.807, 2.05) is 31.2 Å². The molecular weight excluding hydrogens is 352 g/mol. The molecule has 0 aliphatic heterocycles. The van der Waals surface area contributed by atoms with Gasteiger partial charge in [-0.1, -0.05) is 23.7 Å². The number of nitrogens with two attached hydrogens (primary N) is 1. The van der Waals surface area contributed by atoms with E-state index >= 15 is 0 Å². The smallest absolute Gasteiger partial charge is 0.255 e. The van der Waals surface area contributed by atoms with Crippen LogP contribution < -0.4 is 5.73 Å². The lowest BCUT2D eigenvalue weighted by Crippen LogP contribution is -2.30. The first kappa shape index (κ1) is 15.9. The first-order valence-electron chi connectivity index (χ1n) is 6.60. The molecule has 0 unspecified atom stereocenters. The Hall–Kier alpha value is -1.52. The Labute approximate surface area is 137 Å². The highest BCUT2D eigenvalue weighted by Gasteiger charge is 2.17. The molecule has 0 atom stereocenters. The van der Waals surface area contributed by atoms with Crippen LogP contribution in [0.25, 0.3) is 0 Å². The Morgan fingerprint density at radius 3 is 2.48 bits per heavy atom. The first-order chi connectivity index (χ1) is 10.0. The van der Waals surface area contributed by atoms with Crippen LogP contribution in [0.15, 0.2) is 46.9 Å². The second kappa shape index (κ2) is 6.96. The van der Waals surface area contributed by atoms with Crippen molar-refractivity contribution in [1.82, 2.24) is 4.90 Å². The topological polar surface area (TPSA) is 46.3 Å². The summed E-state index contributed by atoms with van der Waals surface area (Å²) in [7, 11) is 0. The van der Waals surface area contributed by atoms with Crippen molar-refractivity contribution in [3.8, 4) is 0 Å². The molecule has 0 radical (unpaired) electrons. The van der Waals surface area contributed by atoms with Gasteiger partial charge in [0.25, 0.3) is 5.91 Å². The molecule has 1 amide bonds. The molecule has 2 aromatic carbocycles. The molecule has 0 bridgehead atoms. The Balaban J connectivity index is 2.20. The predicted molar refractivity (Wildman–Crippen MR) is 90.4 cm³/mol. The van der Waals surface area contributed by atoms with Crippen molar-refractivity contribution in [2.24, 2.45) is 0 Å². The normalized spacial score (nSPS) is 10.4. The van der Waals surface area contributed by atoms with E-state index in [2.05, 4.69) is 15.9 Å². The molecule has 0 fully saturated rings. The van der Waals surface area contributed by atoms with Gasteiger partial charge in [0, 0.05) is 28.3 Å². The van der Waals surface area contributed by atoms with Gasteiger partial charge in [0.05, 0.1) is 5.56 Å². The van der Waals surface area contributed by atoms with Crippen molar-refractivity contribution in [2.45, 2.75) is 13.5 Å². The monoisotopic (exact) mass is 366 g/mol. The summed E-state index contributed by atoms with van der Waals surface area (Å²) in [5.74, 6) is -0.0298. The number of nitrogens with zero attached hydrogens (tertiary/aromatic N) is 1. The lowest BCUT2D eigenvalue weighted by Gasteiger charge is -2.22. The van der Waals surface area contributed by atoms with Gasteiger partial charge >= 0.3 is 0 Å². The number of halogens is 2. The van der Waals surface area contributed by atoms with E-state index < -0.39 is 0 Å². The van der Waals surface area contributed by atoms with E-state index in [0.717, 1.165) is 5.56 Å². The highest BCUT2D eigenvalue weighted by Crippen LogP contribution is 2.23. The van der Waals surface area contributed by atoms with Crippen LogP contribution in [0.1, 0.15) is 22.8 Å². The Morgan fingerprint density at radius 1 is 1.24 bits per heavy atom. The maximum atomic E-state index is 12.6. The number of hydrogen-bond acceptors (Lipinski definition) is 2. The number of amides is 1. The Morgan fingerprint density at radius 2 is 1.90 bits per heavy atom. The molecule has 2 N–H and O–H groups in total. The van der Waals surface area contributed by atoms with Crippen molar-refractivity contribution in [2.75, 3.05) is 12.3 Å². The Kier molecular flexibility index (Phi) is 5.26. The highest BCUT2D eigenvalue weighted by atomic mass is 79.9. The van der Waals surface area contributed by atoms with E-state index in [0.29, 0.717) is 33.8 Å². The number of hydrogen-bond donors (Lipinski definition) is 1. The number of carbonyl (C=O) groups is 1. The van der Waals surface area contributed by atoms with Gasteiger partial charge in [0.2, 0.25) is 0 Å². The van der Waals surface area contributed by atoms with Crippen LogP contribution in [-0.2, 0) is 6.54 Å². The fourth-order valence-corrected chi connectivity index (χ4v) is 2.86. The van der Waals surface area contributed by atoms with Crippen molar-refractivity contribution >= 4 is 39.1 Å². The van der Waals surface area contributed by atoms with Crippen LogP contribution in [0.3, 0.4) is 0 Å². The summed E-state index contributed by atoms with van der Waals surface area (Å²) in [6, 6.07) is 12.7. The van der Waals surface area contributed by atoms with Crippen molar-refractivity contribution < 1.29 is 4.79 Å². The largest absolute Gasteiger partial charge is 0.399 e. The molecule has 0 spiro atoms.